The summed E-state index contributed by atoms with van der Waals surface area (Å²) in [6.07, 6.45) is 0. The maximum atomic E-state index is 11.1. The number of aliphatic imine (C=N–C) groups is 1. The number of Topliss-reactive ketones (excluding diaryl/α,β-unsaturated/α-hetero) is 1. The molecule has 0 spiro atoms. The number of hydrogen-bond acceptors (Lipinski definition) is 2. The molecule has 1 aromatic carbocycles. The van der Waals surface area contributed by atoms with Crippen LogP contribution in [0.25, 0.3) is 0 Å². The van der Waals surface area contributed by atoms with Crippen LogP contribution in [0.3, 0.4) is 0 Å². The number of carbonyl (C=O) groups is 1. The Labute approximate surface area is 123 Å². The summed E-state index contributed by atoms with van der Waals surface area (Å²) >= 11 is 0.194. The second-order valence-corrected chi connectivity index (χ2v) is 5.87. The quantitative estimate of drug-likeness (QED) is 0.572. The number of rotatable bonds is 2. The molecule has 102 valence electrons. The van der Waals surface area contributed by atoms with Crippen molar-refractivity contribution in [1.82, 2.24) is 0 Å². The molecule has 0 saturated heterocycles. The molecule has 18 heavy (non-hydrogen) atoms. The van der Waals surface area contributed by atoms with Crippen LogP contribution < -0.4 is 0 Å². The average molecular weight is 330 g/mol. The second kappa shape index (κ2) is 8.71. The van der Waals surface area contributed by atoms with Crippen molar-refractivity contribution in [3.63, 3.8) is 0 Å². The fourth-order valence-corrected chi connectivity index (χ4v) is 1.60. The zero-order chi connectivity index (χ0) is 14.3. The third kappa shape index (κ3) is 6.01. The van der Waals surface area contributed by atoms with Gasteiger partial charge in [0.05, 0.1) is 11.4 Å². The Morgan fingerprint density at radius 2 is 1.50 bits per heavy atom. The van der Waals surface area contributed by atoms with Crippen LogP contribution in [-0.2, 0) is 17.9 Å². The summed E-state index contributed by atoms with van der Waals surface area (Å²) in [5, 5.41) is 0. The zero-order valence-electron chi connectivity index (χ0n) is 11.1. The average Bonchev–Trinajstić information content (AvgIpc) is 2.23. The number of halogens is 2. The van der Waals surface area contributed by atoms with E-state index in [1.54, 1.807) is 6.92 Å². The van der Waals surface area contributed by atoms with Gasteiger partial charge in [0.15, 0.2) is 5.78 Å². The molecule has 0 unspecified atom stereocenters. The van der Waals surface area contributed by atoms with Gasteiger partial charge in [0.2, 0.25) is 0 Å². The van der Waals surface area contributed by atoms with Crippen molar-refractivity contribution in [3.05, 3.63) is 28.8 Å². The van der Waals surface area contributed by atoms with E-state index in [1.165, 1.54) is 12.5 Å². The standard InChI is InChI=1S/C13H17NO.2ClH.Fe/c1-8-6-9(2)13(10(3)7-8)14-11(4)12(5)15;;;/h6-7H,1-5H3;2*1H;/q;;;+2/p-2. The van der Waals surface area contributed by atoms with E-state index < -0.39 is 0 Å². The maximum absolute atomic E-state index is 11.1. The van der Waals surface area contributed by atoms with Gasteiger partial charge < -0.3 is 0 Å². The Morgan fingerprint density at radius 1 is 1.11 bits per heavy atom. The van der Waals surface area contributed by atoms with Crippen LogP contribution in [0.2, 0.25) is 0 Å². The van der Waals surface area contributed by atoms with Gasteiger partial charge in [-0.3, -0.25) is 4.79 Å². The summed E-state index contributed by atoms with van der Waals surface area (Å²) in [5.41, 5.74) is 4.95. The van der Waals surface area contributed by atoms with E-state index in [0.29, 0.717) is 5.71 Å². The molecule has 0 aliphatic heterocycles. The molecule has 0 fully saturated rings. The number of ketones is 1. The first-order valence-corrected chi connectivity index (χ1v) is 8.36. The Bertz CT molecular complexity index is 435. The van der Waals surface area contributed by atoms with Crippen molar-refractivity contribution in [2.24, 2.45) is 4.99 Å². The van der Waals surface area contributed by atoms with Crippen LogP contribution >= 0.6 is 20.2 Å². The molecule has 2 nitrogen and oxygen atoms in total. The molecule has 0 saturated carbocycles. The van der Waals surface area contributed by atoms with Gasteiger partial charge in [0, 0.05) is 6.92 Å². The van der Waals surface area contributed by atoms with Crippen LogP contribution in [0.4, 0.5) is 5.69 Å². The second-order valence-electron chi connectivity index (χ2n) is 4.05. The van der Waals surface area contributed by atoms with Gasteiger partial charge in [0.25, 0.3) is 0 Å². The Balaban J connectivity index is 0.000000873. The van der Waals surface area contributed by atoms with Gasteiger partial charge in [-0.05, 0) is 38.8 Å². The van der Waals surface area contributed by atoms with Crippen LogP contribution in [0.15, 0.2) is 17.1 Å². The number of aryl methyl sites for hydroxylation is 3. The molecule has 0 aliphatic rings. The van der Waals surface area contributed by atoms with Crippen molar-refractivity contribution < 1.29 is 17.9 Å². The summed E-state index contributed by atoms with van der Waals surface area (Å²) in [6, 6.07) is 4.17. The molecule has 0 atom stereocenters. The Morgan fingerprint density at radius 3 is 1.83 bits per heavy atom. The van der Waals surface area contributed by atoms with Crippen LogP contribution in [0.5, 0.6) is 0 Å². The third-order valence-corrected chi connectivity index (χ3v) is 2.42. The van der Waals surface area contributed by atoms with Gasteiger partial charge >= 0.3 is 33.3 Å². The minimum absolute atomic E-state index is 0.0226. The van der Waals surface area contributed by atoms with E-state index in [2.05, 4.69) is 24.0 Å². The van der Waals surface area contributed by atoms with E-state index >= 15 is 0 Å². The molecule has 1 aromatic rings. The molecular formula is C13H17Cl2FeNO. The molecule has 0 N–H and O–H groups in total. The van der Waals surface area contributed by atoms with E-state index in [9.17, 15) is 4.79 Å². The first kappa shape index (κ1) is 17.7. The van der Waals surface area contributed by atoms with Gasteiger partial charge in [-0.15, -0.1) is 0 Å². The van der Waals surface area contributed by atoms with Crippen LogP contribution in [0, 0.1) is 20.8 Å². The zero-order valence-corrected chi connectivity index (χ0v) is 13.7. The molecule has 0 bridgehead atoms. The predicted molar refractivity (Wildman–Crippen MR) is 75.8 cm³/mol. The van der Waals surface area contributed by atoms with Crippen molar-refractivity contribution in [1.29, 1.82) is 0 Å². The van der Waals surface area contributed by atoms with Gasteiger partial charge in [0.1, 0.15) is 0 Å². The fourth-order valence-electron chi connectivity index (χ4n) is 1.60. The molecule has 1 rings (SSSR count). The van der Waals surface area contributed by atoms with Crippen molar-refractivity contribution in [2.45, 2.75) is 34.6 Å². The number of hydrogen-bond donors (Lipinski definition) is 0. The van der Waals surface area contributed by atoms with Gasteiger partial charge in [-0.25, -0.2) is 4.99 Å². The summed E-state index contributed by atoms with van der Waals surface area (Å²) in [4.78, 5) is 15.5. The molecule has 0 aliphatic carbocycles. The van der Waals surface area contributed by atoms with Crippen LogP contribution in [0.1, 0.15) is 30.5 Å². The molecule has 0 radical (unpaired) electrons. The normalized spacial score (nSPS) is 10.9. The Hall–Kier alpha value is -0.341. The van der Waals surface area contributed by atoms with E-state index in [1.807, 2.05) is 13.8 Å². The van der Waals surface area contributed by atoms with Gasteiger partial charge in [-0.1, -0.05) is 17.7 Å². The fraction of sp³-hybridized carbons (Fsp3) is 0.385. The third-order valence-electron chi connectivity index (χ3n) is 2.42. The summed E-state index contributed by atoms with van der Waals surface area (Å²) < 4.78 is 0. The summed E-state index contributed by atoms with van der Waals surface area (Å²) in [7, 11) is 9.53. The first-order valence-electron chi connectivity index (χ1n) is 5.32. The molecular weight excluding hydrogens is 313 g/mol. The van der Waals surface area contributed by atoms with Crippen LogP contribution in [-0.4, -0.2) is 11.5 Å². The molecule has 0 heterocycles. The van der Waals surface area contributed by atoms with E-state index in [4.69, 9.17) is 20.2 Å². The van der Waals surface area contributed by atoms with Crippen molar-refractivity contribution >= 4 is 37.4 Å². The topological polar surface area (TPSA) is 29.4 Å². The Kier molecular flexibility index (Phi) is 8.54. The molecule has 0 amide bonds. The molecule has 5 heteroatoms. The minimum atomic E-state index is 0.0226. The monoisotopic (exact) mass is 329 g/mol. The van der Waals surface area contributed by atoms with Gasteiger partial charge in [-0.2, -0.15) is 0 Å². The summed E-state index contributed by atoms with van der Waals surface area (Å²) in [6.45, 7) is 9.39. The van der Waals surface area contributed by atoms with Crippen molar-refractivity contribution in [2.75, 3.05) is 0 Å². The van der Waals surface area contributed by atoms with E-state index in [-0.39, 0.29) is 18.9 Å². The van der Waals surface area contributed by atoms with Crippen molar-refractivity contribution in [3.8, 4) is 0 Å². The summed E-state index contributed by atoms with van der Waals surface area (Å²) in [5.74, 6) is 0.0226. The molecule has 0 aromatic heterocycles. The van der Waals surface area contributed by atoms with E-state index in [0.717, 1.165) is 16.8 Å². The first-order chi connectivity index (χ1) is 8.33. The predicted octanol–water partition coefficient (Wildman–Crippen LogP) is 4.67. The number of benzene rings is 1. The number of nitrogens with zero attached hydrogens (tertiary/aromatic N) is 1. The SMILES string of the molecule is CC(=O)C(C)=Nc1c(C)cc(C)cc1C.[Cl][Fe][Cl]. The number of carbonyl (C=O) groups excluding carboxylic acids is 1.